The Morgan fingerprint density at radius 1 is 1.33 bits per heavy atom. The Balaban J connectivity index is 2.53. The molecular formula is C11H20N4O2S. The van der Waals surface area contributed by atoms with Crippen molar-refractivity contribution < 1.29 is 8.42 Å². The van der Waals surface area contributed by atoms with Crippen LogP contribution in [0.2, 0.25) is 0 Å². The first-order valence-corrected chi connectivity index (χ1v) is 7.47. The highest BCUT2D eigenvalue weighted by atomic mass is 32.2. The highest BCUT2D eigenvalue weighted by Crippen LogP contribution is 2.00. The molecule has 0 amide bonds. The van der Waals surface area contributed by atoms with Gasteiger partial charge in [0.25, 0.3) is 0 Å². The fraction of sp³-hybridized carbons (Fsp3) is 0.636. The van der Waals surface area contributed by atoms with Crippen LogP contribution in [0, 0.1) is 6.92 Å². The Hall–Kier alpha value is -1.05. The number of sulfonamides is 1. The van der Waals surface area contributed by atoms with E-state index in [4.69, 9.17) is 0 Å². The summed E-state index contributed by atoms with van der Waals surface area (Å²) in [5, 5.41) is 2.54. The topological polar surface area (TPSA) is 84.0 Å². The molecule has 0 saturated carbocycles. The average molecular weight is 272 g/mol. The molecule has 2 N–H and O–H groups in total. The summed E-state index contributed by atoms with van der Waals surface area (Å²) in [6.45, 7) is 6.81. The zero-order valence-electron chi connectivity index (χ0n) is 11.0. The smallest absolute Gasteiger partial charge is 0.215 e. The van der Waals surface area contributed by atoms with Crippen LogP contribution in [0.4, 0.5) is 0 Å². The van der Waals surface area contributed by atoms with Crippen molar-refractivity contribution in [3.8, 4) is 0 Å². The second kappa shape index (κ2) is 6.77. The lowest BCUT2D eigenvalue weighted by Crippen LogP contribution is -2.38. The lowest BCUT2D eigenvalue weighted by Gasteiger charge is -2.13. The van der Waals surface area contributed by atoms with E-state index < -0.39 is 15.3 Å². The predicted octanol–water partition coefficient (Wildman–Crippen LogP) is 0.202. The molecule has 0 bridgehead atoms. The van der Waals surface area contributed by atoms with Crippen LogP contribution in [0.15, 0.2) is 12.4 Å². The zero-order chi connectivity index (χ0) is 13.6. The molecule has 0 aliphatic heterocycles. The van der Waals surface area contributed by atoms with E-state index in [2.05, 4.69) is 20.0 Å². The maximum absolute atomic E-state index is 11.9. The molecule has 1 unspecified atom stereocenters. The second-order valence-corrected chi connectivity index (χ2v) is 6.32. The lowest BCUT2D eigenvalue weighted by atomic mass is 10.4. The summed E-state index contributed by atoms with van der Waals surface area (Å²) in [6.07, 6.45) is 3.19. The molecule has 18 heavy (non-hydrogen) atoms. The Kier molecular flexibility index (Phi) is 5.64. The monoisotopic (exact) mass is 272 g/mol. The van der Waals surface area contributed by atoms with Crippen molar-refractivity contribution in [1.29, 1.82) is 0 Å². The number of aryl methyl sites for hydroxylation is 1. The van der Waals surface area contributed by atoms with Crippen LogP contribution >= 0.6 is 0 Å². The van der Waals surface area contributed by atoms with Crippen LogP contribution in [0.1, 0.15) is 25.2 Å². The molecule has 0 saturated heterocycles. The minimum absolute atomic E-state index is 0.173. The van der Waals surface area contributed by atoms with E-state index in [1.54, 1.807) is 19.3 Å². The van der Waals surface area contributed by atoms with Gasteiger partial charge in [0.1, 0.15) is 0 Å². The summed E-state index contributed by atoms with van der Waals surface area (Å²) < 4.78 is 26.3. The predicted molar refractivity (Wildman–Crippen MR) is 70.5 cm³/mol. The van der Waals surface area contributed by atoms with Crippen molar-refractivity contribution in [2.45, 2.75) is 32.6 Å². The third kappa shape index (κ3) is 4.67. The van der Waals surface area contributed by atoms with Gasteiger partial charge in [-0.05, 0) is 20.4 Å². The summed E-state index contributed by atoms with van der Waals surface area (Å²) in [6, 6.07) is 0. The van der Waals surface area contributed by atoms with Gasteiger partial charge in [0.05, 0.1) is 29.4 Å². The van der Waals surface area contributed by atoms with Crippen LogP contribution in [0.5, 0.6) is 0 Å². The Bertz CT molecular complexity index is 458. The minimum Gasteiger partial charge on any atom is -0.316 e. The molecule has 0 aromatic carbocycles. The van der Waals surface area contributed by atoms with E-state index >= 15 is 0 Å². The molecule has 1 aromatic rings. The van der Waals surface area contributed by atoms with Crippen LogP contribution < -0.4 is 10.0 Å². The molecule has 0 fully saturated rings. The highest BCUT2D eigenvalue weighted by Gasteiger charge is 2.19. The number of hydrogen-bond acceptors (Lipinski definition) is 5. The first kappa shape index (κ1) is 15.0. The van der Waals surface area contributed by atoms with Gasteiger partial charge in [0.2, 0.25) is 10.0 Å². The summed E-state index contributed by atoms with van der Waals surface area (Å²) >= 11 is 0. The van der Waals surface area contributed by atoms with Gasteiger partial charge in [-0.15, -0.1) is 0 Å². The molecule has 6 nitrogen and oxygen atoms in total. The summed E-state index contributed by atoms with van der Waals surface area (Å²) in [4.78, 5) is 8.16. The van der Waals surface area contributed by atoms with E-state index in [-0.39, 0.29) is 6.54 Å². The Morgan fingerprint density at radius 2 is 2.06 bits per heavy atom. The van der Waals surface area contributed by atoms with Gasteiger partial charge in [-0.25, -0.2) is 13.1 Å². The van der Waals surface area contributed by atoms with Crippen LogP contribution in [-0.2, 0) is 16.6 Å². The third-order valence-electron chi connectivity index (χ3n) is 2.50. The second-order valence-electron chi connectivity index (χ2n) is 4.13. The maximum Gasteiger partial charge on any atom is 0.215 e. The normalized spacial score (nSPS) is 13.5. The number of aromatic nitrogens is 2. The molecule has 102 valence electrons. The fourth-order valence-corrected chi connectivity index (χ4v) is 2.26. The number of nitrogens with one attached hydrogen (secondary N) is 2. The lowest BCUT2D eigenvalue weighted by molar-refractivity contribution is 0.559. The van der Waals surface area contributed by atoms with Crippen LogP contribution in [0.25, 0.3) is 0 Å². The summed E-state index contributed by atoms with van der Waals surface area (Å²) in [5.41, 5.74) is 1.42. The molecule has 1 rings (SSSR count). The molecule has 1 atom stereocenters. The van der Waals surface area contributed by atoms with Crippen LogP contribution in [0.3, 0.4) is 0 Å². The van der Waals surface area contributed by atoms with Gasteiger partial charge in [-0.3, -0.25) is 9.97 Å². The highest BCUT2D eigenvalue weighted by molar-refractivity contribution is 7.90. The van der Waals surface area contributed by atoms with E-state index in [0.717, 1.165) is 12.2 Å². The molecule has 0 radical (unpaired) electrons. The molecule has 7 heteroatoms. The van der Waals surface area contributed by atoms with Crippen molar-refractivity contribution in [2.24, 2.45) is 0 Å². The van der Waals surface area contributed by atoms with E-state index in [1.807, 2.05) is 13.8 Å². The molecule has 1 heterocycles. The Labute approximate surface area is 108 Å². The first-order valence-electron chi connectivity index (χ1n) is 5.92. The van der Waals surface area contributed by atoms with Crippen LogP contribution in [-0.4, -0.2) is 36.7 Å². The summed E-state index contributed by atoms with van der Waals surface area (Å²) in [7, 11) is -3.32. The van der Waals surface area contributed by atoms with Gasteiger partial charge >= 0.3 is 0 Å². The molecular weight excluding hydrogens is 252 g/mol. The van der Waals surface area contributed by atoms with Gasteiger partial charge < -0.3 is 5.32 Å². The Morgan fingerprint density at radius 3 is 2.61 bits per heavy atom. The first-order chi connectivity index (χ1) is 8.45. The van der Waals surface area contributed by atoms with Crippen molar-refractivity contribution in [3.05, 3.63) is 23.8 Å². The third-order valence-corrected chi connectivity index (χ3v) is 4.27. The summed E-state index contributed by atoms with van der Waals surface area (Å²) in [5.74, 6) is 0. The van der Waals surface area contributed by atoms with Gasteiger partial charge in [0.15, 0.2) is 0 Å². The SMILES string of the molecule is CCNCC(C)S(=O)(=O)NCc1cnc(C)cn1. The van der Waals surface area contributed by atoms with Gasteiger partial charge in [-0.1, -0.05) is 6.92 Å². The number of rotatable bonds is 7. The van der Waals surface area contributed by atoms with Crippen molar-refractivity contribution in [3.63, 3.8) is 0 Å². The fourth-order valence-electron chi connectivity index (χ4n) is 1.28. The zero-order valence-corrected chi connectivity index (χ0v) is 11.8. The molecule has 0 spiro atoms. The average Bonchev–Trinajstić information content (AvgIpc) is 2.35. The number of hydrogen-bond donors (Lipinski definition) is 2. The molecule has 1 aromatic heterocycles. The van der Waals surface area contributed by atoms with E-state index in [9.17, 15) is 8.42 Å². The van der Waals surface area contributed by atoms with Crippen molar-refractivity contribution in [1.82, 2.24) is 20.0 Å². The van der Waals surface area contributed by atoms with E-state index in [1.165, 1.54) is 0 Å². The van der Waals surface area contributed by atoms with Gasteiger partial charge in [-0.2, -0.15) is 0 Å². The minimum atomic E-state index is -3.32. The van der Waals surface area contributed by atoms with E-state index in [0.29, 0.717) is 12.2 Å². The largest absolute Gasteiger partial charge is 0.316 e. The molecule has 0 aliphatic carbocycles. The van der Waals surface area contributed by atoms with Crippen molar-refractivity contribution >= 4 is 10.0 Å². The quantitative estimate of drug-likeness (QED) is 0.741. The standard InChI is InChI=1S/C11H20N4O2S/c1-4-12-6-10(3)18(16,17)15-8-11-7-13-9(2)5-14-11/h5,7,10,12,15H,4,6,8H2,1-3H3. The maximum atomic E-state index is 11.9. The number of nitrogens with zero attached hydrogens (tertiary/aromatic N) is 2. The molecule has 0 aliphatic rings. The van der Waals surface area contributed by atoms with Gasteiger partial charge in [0, 0.05) is 12.7 Å². The van der Waals surface area contributed by atoms with Crippen molar-refractivity contribution in [2.75, 3.05) is 13.1 Å².